The molecule has 106 valence electrons. The number of sulfonamides is 1. The van der Waals surface area contributed by atoms with Crippen molar-refractivity contribution in [2.45, 2.75) is 11.8 Å². The summed E-state index contributed by atoms with van der Waals surface area (Å²) in [6, 6.07) is 8.72. The van der Waals surface area contributed by atoms with Gasteiger partial charge in [-0.05, 0) is 25.1 Å². The first-order valence-corrected chi connectivity index (χ1v) is 7.37. The van der Waals surface area contributed by atoms with Gasteiger partial charge < -0.3 is 5.43 Å². The minimum Gasteiger partial charge on any atom is -0.323 e. The number of nitrogens with two attached hydrogens (primary N) is 1. The van der Waals surface area contributed by atoms with Crippen molar-refractivity contribution in [1.82, 2.24) is 4.98 Å². The summed E-state index contributed by atoms with van der Waals surface area (Å²) in [5.74, 6) is 5.35. The Bertz CT molecular complexity index is 699. The van der Waals surface area contributed by atoms with Crippen molar-refractivity contribution in [2.75, 3.05) is 16.8 Å². The number of hydrogen-bond acceptors (Lipinski definition) is 5. The van der Waals surface area contributed by atoms with Gasteiger partial charge in [-0.2, -0.15) is 0 Å². The van der Waals surface area contributed by atoms with Gasteiger partial charge in [-0.1, -0.05) is 17.7 Å². The first kappa shape index (κ1) is 14.3. The van der Waals surface area contributed by atoms with Crippen LogP contribution < -0.4 is 15.6 Å². The molecule has 0 bridgehead atoms. The zero-order valence-corrected chi connectivity index (χ0v) is 12.1. The molecule has 0 amide bonds. The molecule has 2 aromatic rings. The van der Waals surface area contributed by atoms with Gasteiger partial charge in [0.1, 0.15) is 4.90 Å². The van der Waals surface area contributed by atoms with Gasteiger partial charge in [0.15, 0.2) is 0 Å². The number of aromatic nitrogens is 1. The third-order valence-electron chi connectivity index (χ3n) is 2.98. The predicted molar refractivity (Wildman–Crippen MR) is 78.8 cm³/mol. The normalized spacial score (nSPS) is 11.2. The summed E-state index contributed by atoms with van der Waals surface area (Å²) in [5, 5.41) is 0. The number of nitrogens with zero attached hydrogens (tertiary/aromatic N) is 2. The van der Waals surface area contributed by atoms with Crippen LogP contribution in [0.3, 0.4) is 0 Å². The van der Waals surface area contributed by atoms with Gasteiger partial charge >= 0.3 is 0 Å². The zero-order chi connectivity index (χ0) is 14.8. The minimum absolute atomic E-state index is 0.0329. The lowest BCUT2D eigenvalue weighted by atomic mass is 10.2. The highest BCUT2D eigenvalue weighted by molar-refractivity contribution is 7.93. The summed E-state index contributed by atoms with van der Waals surface area (Å²) in [6.45, 7) is 1.94. The van der Waals surface area contributed by atoms with Gasteiger partial charge in [0, 0.05) is 19.4 Å². The Balaban J connectivity index is 2.46. The number of hydrazine groups is 1. The maximum atomic E-state index is 12.6. The lowest BCUT2D eigenvalue weighted by molar-refractivity contribution is 0.594. The molecule has 0 aliphatic rings. The first-order valence-electron chi connectivity index (χ1n) is 5.93. The van der Waals surface area contributed by atoms with E-state index in [0.29, 0.717) is 11.4 Å². The lowest BCUT2D eigenvalue weighted by Gasteiger charge is -2.20. The number of hydrogen-bond donors (Lipinski definition) is 2. The third-order valence-corrected chi connectivity index (χ3v) is 4.79. The second-order valence-corrected chi connectivity index (χ2v) is 6.26. The van der Waals surface area contributed by atoms with Gasteiger partial charge in [0.25, 0.3) is 10.0 Å². The Kier molecular flexibility index (Phi) is 3.91. The molecule has 7 heteroatoms. The highest BCUT2D eigenvalue weighted by Crippen LogP contribution is 2.26. The smallest absolute Gasteiger partial charge is 0.267 e. The average molecular weight is 292 g/mol. The summed E-state index contributed by atoms with van der Waals surface area (Å²) >= 11 is 0. The van der Waals surface area contributed by atoms with E-state index in [1.807, 2.05) is 19.1 Å². The molecule has 0 fully saturated rings. The monoisotopic (exact) mass is 292 g/mol. The van der Waals surface area contributed by atoms with Crippen molar-refractivity contribution < 1.29 is 8.42 Å². The molecule has 0 saturated carbocycles. The number of aryl methyl sites for hydroxylation is 1. The van der Waals surface area contributed by atoms with Crippen LogP contribution in [0.1, 0.15) is 5.56 Å². The molecule has 1 heterocycles. The number of nitrogen functional groups attached to an aromatic ring is 1. The Labute approximate surface area is 118 Å². The van der Waals surface area contributed by atoms with Gasteiger partial charge in [-0.25, -0.2) is 8.42 Å². The first-order chi connectivity index (χ1) is 9.46. The number of pyridine rings is 1. The third kappa shape index (κ3) is 2.59. The number of benzene rings is 1. The van der Waals surface area contributed by atoms with Gasteiger partial charge in [-0.15, -0.1) is 0 Å². The number of anilines is 2. The maximum absolute atomic E-state index is 12.6. The molecule has 1 aromatic heterocycles. The average Bonchev–Trinajstić information content (AvgIpc) is 2.47. The molecule has 0 aliphatic carbocycles. The van der Waals surface area contributed by atoms with Crippen molar-refractivity contribution in [2.24, 2.45) is 5.84 Å². The van der Waals surface area contributed by atoms with E-state index >= 15 is 0 Å². The maximum Gasteiger partial charge on any atom is 0.267 e. The van der Waals surface area contributed by atoms with Crippen LogP contribution in [-0.2, 0) is 10.0 Å². The number of nitrogens with one attached hydrogen (secondary N) is 1. The molecule has 0 unspecified atom stereocenters. The zero-order valence-electron chi connectivity index (χ0n) is 11.2. The molecule has 20 heavy (non-hydrogen) atoms. The van der Waals surface area contributed by atoms with Gasteiger partial charge in [-0.3, -0.25) is 15.1 Å². The molecular weight excluding hydrogens is 276 g/mol. The molecule has 0 spiro atoms. The molecular formula is C13H16N4O2S. The van der Waals surface area contributed by atoms with E-state index in [2.05, 4.69) is 10.4 Å². The van der Waals surface area contributed by atoms with Crippen LogP contribution in [-0.4, -0.2) is 20.4 Å². The fourth-order valence-corrected chi connectivity index (χ4v) is 3.04. The Morgan fingerprint density at radius 1 is 1.20 bits per heavy atom. The Hall–Kier alpha value is -2.12. The molecule has 1 aromatic carbocycles. The van der Waals surface area contributed by atoms with E-state index in [4.69, 9.17) is 5.84 Å². The lowest BCUT2D eigenvalue weighted by Crippen LogP contribution is -2.28. The summed E-state index contributed by atoms with van der Waals surface area (Å²) in [7, 11) is -2.23. The van der Waals surface area contributed by atoms with Crippen LogP contribution >= 0.6 is 0 Å². The molecule has 0 aliphatic heterocycles. The molecule has 6 nitrogen and oxygen atoms in total. The largest absolute Gasteiger partial charge is 0.323 e. The van der Waals surface area contributed by atoms with Crippen LogP contribution in [0.2, 0.25) is 0 Å². The molecule has 0 saturated heterocycles. The molecule has 2 rings (SSSR count). The highest BCUT2D eigenvalue weighted by atomic mass is 32.2. The van der Waals surface area contributed by atoms with Crippen LogP contribution in [0.15, 0.2) is 47.6 Å². The summed E-state index contributed by atoms with van der Waals surface area (Å²) < 4.78 is 26.4. The van der Waals surface area contributed by atoms with E-state index in [-0.39, 0.29) is 4.90 Å². The van der Waals surface area contributed by atoms with E-state index in [0.717, 1.165) is 5.56 Å². The van der Waals surface area contributed by atoms with Crippen molar-refractivity contribution >= 4 is 21.4 Å². The van der Waals surface area contributed by atoms with Crippen LogP contribution in [0.25, 0.3) is 0 Å². The molecule has 0 radical (unpaired) electrons. The van der Waals surface area contributed by atoms with Crippen molar-refractivity contribution in [3.8, 4) is 0 Å². The van der Waals surface area contributed by atoms with Crippen molar-refractivity contribution in [3.05, 3.63) is 48.3 Å². The SMILES string of the molecule is Cc1ccc(N(C)S(=O)(=O)c2cnccc2NN)cc1. The molecule has 0 atom stereocenters. The van der Waals surface area contributed by atoms with E-state index in [9.17, 15) is 8.42 Å². The Morgan fingerprint density at radius 3 is 2.45 bits per heavy atom. The Morgan fingerprint density at radius 2 is 1.85 bits per heavy atom. The number of rotatable bonds is 4. The fourth-order valence-electron chi connectivity index (χ4n) is 1.75. The van der Waals surface area contributed by atoms with Crippen LogP contribution in [0.4, 0.5) is 11.4 Å². The topological polar surface area (TPSA) is 88.3 Å². The van der Waals surface area contributed by atoms with Crippen molar-refractivity contribution in [3.63, 3.8) is 0 Å². The molecule has 3 N–H and O–H groups in total. The fraction of sp³-hybridized carbons (Fsp3) is 0.154. The highest BCUT2D eigenvalue weighted by Gasteiger charge is 2.24. The van der Waals surface area contributed by atoms with Gasteiger partial charge in [0.05, 0.1) is 11.4 Å². The minimum atomic E-state index is -3.72. The summed E-state index contributed by atoms with van der Waals surface area (Å²) in [5.41, 5.74) is 4.31. The predicted octanol–water partition coefficient (Wildman–Crippen LogP) is 1.50. The van der Waals surface area contributed by atoms with Crippen LogP contribution in [0.5, 0.6) is 0 Å². The van der Waals surface area contributed by atoms with Gasteiger partial charge in [0.2, 0.25) is 0 Å². The van der Waals surface area contributed by atoms with E-state index in [1.165, 1.54) is 29.8 Å². The second-order valence-electron chi connectivity index (χ2n) is 4.32. The quantitative estimate of drug-likeness (QED) is 0.658. The van der Waals surface area contributed by atoms with Crippen LogP contribution in [0, 0.1) is 6.92 Å². The summed E-state index contributed by atoms with van der Waals surface area (Å²) in [4.78, 5) is 3.88. The van der Waals surface area contributed by atoms with E-state index in [1.54, 1.807) is 12.1 Å². The second kappa shape index (κ2) is 5.48. The van der Waals surface area contributed by atoms with E-state index < -0.39 is 10.0 Å². The van der Waals surface area contributed by atoms with Crippen molar-refractivity contribution in [1.29, 1.82) is 0 Å². The standard InChI is InChI=1S/C13H16N4O2S/c1-10-3-5-11(6-4-10)17(2)20(18,19)13-9-15-8-7-12(13)16-14/h3-9H,14H2,1-2H3,(H,15,16). The summed E-state index contributed by atoms with van der Waals surface area (Å²) in [6.07, 6.45) is 2.75.